The van der Waals surface area contributed by atoms with Gasteiger partial charge >= 0.3 is 0 Å². The molecule has 1 aromatic carbocycles. The average Bonchev–Trinajstić information content (AvgIpc) is 2.32. The van der Waals surface area contributed by atoms with Crippen molar-refractivity contribution < 1.29 is 9.50 Å². The van der Waals surface area contributed by atoms with Crippen LogP contribution in [-0.4, -0.2) is 29.8 Å². The molecule has 0 spiro atoms. The third-order valence-electron chi connectivity index (χ3n) is 3.05. The molecule has 0 heterocycles. The molecule has 0 amide bonds. The summed E-state index contributed by atoms with van der Waals surface area (Å²) in [6.07, 6.45) is 0. The Balaban J connectivity index is 3.06. The number of hydrogen-bond donors (Lipinski definition) is 2. The van der Waals surface area contributed by atoms with Crippen LogP contribution in [0.4, 0.5) is 10.1 Å². The quantitative estimate of drug-likeness (QED) is 0.807. The lowest BCUT2D eigenvalue weighted by atomic mass is 10.1. The Morgan fingerprint density at radius 2 is 2.00 bits per heavy atom. The van der Waals surface area contributed by atoms with Gasteiger partial charge in [0.1, 0.15) is 5.82 Å². The predicted molar refractivity (Wildman–Crippen MR) is 82.6 cm³/mol. The van der Waals surface area contributed by atoms with Crippen molar-refractivity contribution >= 4 is 5.69 Å². The fraction of sp³-hybridized carbons (Fsp3) is 0.625. The summed E-state index contributed by atoms with van der Waals surface area (Å²) in [5.74, 6) is -0.237. The summed E-state index contributed by atoms with van der Waals surface area (Å²) in [4.78, 5) is 1.90. The molecule has 0 aliphatic rings. The Labute approximate surface area is 121 Å². The monoisotopic (exact) mass is 282 g/mol. The highest BCUT2D eigenvalue weighted by atomic mass is 19.1. The van der Waals surface area contributed by atoms with Crippen LogP contribution < -0.4 is 10.2 Å². The molecule has 0 bridgehead atoms. The Morgan fingerprint density at radius 3 is 2.50 bits per heavy atom. The number of likely N-dealkylation sites (N-methyl/N-ethyl adjacent to an activating group) is 1. The lowest BCUT2D eigenvalue weighted by Crippen LogP contribution is -2.39. The second kappa shape index (κ2) is 7.04. The van der Waals surface area contributed by atoms with Crippen LogP contribution in [0.25, 0.3) is 0 Å². The molecule has 0 aliphatic heterocycles. The van der Waals surface area contributed by atoms with Crippen molar-refractivity contribution in [2.75, 3.05) is 18.0 Å². The molecular formula is C16H27FN2O. The number of halogens is 1. The SMILES string of the molecule is CCN(CC(C)(C)O)c1c(F)cccc1CNC(C)C. The number of anilines is 1. The molecular weight excluding hydrogens is 255 g/mol. The van der Waals surface area contributed by atoms with Gasteiger partial charge in [0, 0.05) is 25.7 Å². The fourth-order valence-corrected chi connectivity index (χ4v) is 2.19. The summed E-state index contributed by atoms with van der Waals surface area (Å²) >= 11 is 0. The Kier molecular flexibility index (Phi) is 5.96. The number of aliphatic hydroxyl groups is 1. The molecule has 4 heteroatoms. The molecule has 1 aromatic rings. The van der Waals surface area contributed by atoms with Crippen LogP contribution in [0.15, 0.2) is 18.2 Å². The van der Waals surface area contributed by atoms with E-state index in [1.54, 1.807) is 19.9 Å². The van der Waals surface area contributed by atoms with Crippen LogP contribution in [0.5, 0.6) is 0 Å². The van der Waals surface area contributed by atoms with Gasteiger partial charge in [0.05, 0.1) is 11.3 Å². The van der Waals surface area contributed by atoms with Gasteiger partial charge in [-0.15, -0.1) is 0 Å². The van der Waals surface area contributed by atoms with E-state index in [1.165, 1.54) is 6.07 Å². The first-order valence-corrected chi connectivity index (χ1v) is 7.22. The van der Waals surface area contributed by atoms with Crippen molar-refractivity contribution in [2.24, 2.45) is 0 Å². The van der Waals surface area contributed by atoms with Gasteiger partial charge in [-0.25, -0.2) is 4.39 Å². The zero-order valence-electron chi connectivity index (χ0n) is 13.2. The summed E-state index contributed by atoms with van der Waals surface area (Å²) in [6.45, 7) is 11.2. The Bertz CT molecular complexity index is 427. The maximum Gasteiger partial charge on any atom is 0.146 e. The normalized spacial score (nSPS) is 12.0. The van der Waals surface area contributed by atoms with Crippen LogP contribution in [0, 0.1) is 5.82 Å². The second-order valence-electron chi connectivity index (χ2n) is 6.11. The first-order chi connectivity index (χ1) is 9.24. The number of nitrogens with one attached hydrogen (secondary N) is 1. The van der Waals surface area contributed by atoms with Crippen molar-refractivity contribution in [3.8, 4) is 0 Å². The van der Waals surface area contributed by atoms with Crippen molar-refractivity contribution in [1.82, 2.24) is 5.32 Å². The van der Waals surface area contributed by atoms with Crippen LogP contribution in [0.1, 0.15) is 40.2 Å². The molecule has 20 heavy (non-hydrogen) atoms. The fourth-order valence-electron chi connectivity index (χ4n) is 2.19. The summed E-state index contributed by atoms with van der Waals surface area (Å²) in [7, 11) is 0. The van der Waals surface area contributed by atoms with Gasteiger partial charge in [0.2, 0.25) is 0 Å². The summed E-state index contributed by atoms with van der Waals surface area (Å²) < 4.78 is 14.2. The van der Waals surface area contributed by atoms with Crippen molar-refractivity contribution in [2.45, 2.75) is 52.8 Å². The predicted octanol–water partition coefficient (Wildman–Crippen LogP) is 2.92. The summed E-state index contributed by atoms with van der Waals surface area (Å²) in [5, 5.41) is 13.3. The molecule has 0 saturated heterocycles. The van der Waals surface area contributed by atoms with E-state index in [0.717, 1.165) is 5.56 Å². The zero-order chi connectivity index (χ0) is 15.3. The topological polar surface area (TPSA) is 35.5 Å². The molecule has 0 fully saturated rings. The standard InChI is InChI=1S/C16H27FN2O/c1-6-19(11-16(4,5)20)15-13(10-18-12(2)3)8-7-9-14(15)17/h7-9,12,18,20H,6,10-11H2,1-5H3. The first-order valence-electron chi connectivity index (χ1n) is 7.22. The van der Waals surface area contributed by atoms with Crippen LogP contribution >= 0.6 is 0 Å². The van der Waals surface area contributed by atoms with Crippen LogP contribution in [0.2, 0.25) is 0 Å². The van der Waals surface area contributed by atoms with Crippen LogP contribution in [0.3, 0.4) is 0 Å². The highest BCUT2D eigenvalue weighted by molar-refractivity contribution is 5.55. The second-order valence-corrected chi connectivity index (χ2v) is 6.11. The lowest BCUT2D eigenvalue weighted by Gasteiger charge is -2.32. The van der Waals surface area contributed by atoms with E-state index in [2.05, 4.69) is 19.2 Å². The van der Waals surface area contributed by atoms with Crippen LogP contribution in [-0.2, 0) is 6.54 Å². The van der Waals surface area contributed by atoms with Crippen molar-refractivity contribution in [3.63, 3.8) is 0 Å². The molecule has 0 saturated carbocycles. The minimum Gasteiger partial charge on any atom is -0.389 e. The van der Waals surface area contributed by atoms with Crippen molar-refractivity contribution in [1.29, 1.82) is 0 Å². The smallest absolute Gasteiger partial charge is 0.146 e. The number of para-hydroxylation sites is 1. The molecule has 0 radical (unpaired) electrons. The number of nitrogens with zero attached hydrogens (tertiary/aromatic N) is 1. The minimum absolute atomic E-state index is 0.237. The summed E-state index contributed by atoms with van der Waals surface area (Å²) in [5.41, 5.74) is 0.649. The van der Waals surface area contributed by atoms with Gasteiger partial charge in [0.25, 0.3) is 0 Å². The largest absolute Gasteiger partial charge is 0.389 e. The third-order valence-corrected chi connectivity index (χ3v) is 3.05. The van der Waals surface area contributed by atoms with Gasteiger partial charge < -0.3 is 15.3 Å². The van der Waals surface area contributed by atoms with Gasteiger partial charge in [-0.3, -0.25) is 0 Å². The molecule has 2 N–H and O–H groups in total. The van der Waals surface area contributed by atoms with E-state index in [9.17, 15) is 9.50 Å². The van der Waals surface area contributed by atoms with Gasteiger partial charge in [-0.1, -0.05) is 26.0 Å². The first kappa shape index (κ1) is 16.9. The lowest BCUT2D eigenvalue weighted by molar-refractivity contribution is 0.0874. The molecule has 0 unspecified atom stereocenters. The molecule has 3 nitrogen and oxygen atoms in total. The number of rotatable bonds is 7. The van der Waals surface area contributed by atoms with E-state index in [0.29, 0.717) is 31.4 Å². The number of hydrogen-bond acceptors (Lipinski definition) is 3. The van der Waals surface area contributed by atoms with Gasteiger partial charge in [0.15, 0.2) is 0 Å². The van der Waals surface area contributed by atoms with E-state index < -0.39 is 5.60 Å². The van der Waals surface area contributed by atoms with E-state index in [4.69, 9.17) is 0 Å². The average molecular weight is 282 g/mol. The maximum atomic E-state index is 14.2. The van der Waals surface area contributed by atoms with Gasteiger partial charge in [-0.05, 0) is 32.4 Å². The molecule has 1 rings (SSSR count). The zero-order valence-corrected chi connectivity index (χ0v) is 13.2. The van der Waals surface area contributed by atoms with Crippen molar-refractivity contribution in [3.05, 3.63) is 29.6 Å². The van der Waals surface area contributed by atoms with E-state index in [-0.39, 0.29) is 5.82 Å². The van der Waals surface area contributed by atoms with E-state index in [1.807, 2.05) is 17.9 Å². The molecule has 114 valence electrons. The van der Waals surface area contributed by atoms with Gasteiger partial charge in [-0.2, -0.15) is 0 Å². The van der Waals surface area contributed by atoms with E-state index >= 15 is 0 Å². The molecule has 0 atom stereocenters. The third kappa shape index (κ3) is 5.10. The minimum atomic E-state index is -0.860. The molecule has 0 aromatic heterocycles. The Hall–Kier alpha value is -1.13. The highest BCUT2D eigenvalue weighted by Gasteiger charge is 2.21. The maximum absolute atomic E-state index is 14.2. The highest BCUT2D eigenvalue weighted by Crippen LogP contribution is 2.26. The molecule has 0 aliphatic carbocycles. The summed E-state index contributed by atoms with van der Waals surface area (Å²) in [6, 6.07) is 5.48. The Morgan fingerprint density at radius 1 is 1.35 bits per heavy atom. The number of benzene rings is 1.